The number of aryl methyl sites for hydroxylation is 1. The molecule has 0 atom stereocenters. The van der Waals surface area contributed by atoms with Crippen LogP contribution < -0.4 is 11.1 Å². The minimum atomic E-state index is -0.128. The van der Waals surface area contributed by atoms with Gasteiger partial charge in [-0.15, -0.1) is 0 Å². The molecule has 120 valence electrons. The molecule has 5 nitrogen and oxygen atoms in total. The number of hydrogen-bond acceptors (Lipinski definition) is 3. The summed E-state index contributed by atoms with van der Waals surface area (Å²) in [6.07, 6.45) is 0.586. The van der Waals surface area contributed by atoms with Gasteiger partial charge >= 0.3 is 0 Å². The number of nitrogen functional groups attached to an aromatic ring is 1. The van der Waals surface area contributed by atoms with Crippen LogP contribution in [0.1, 0.15) is 36.4 Å². The number of anilines is 1. The molecule has 0 fully saturated rings. The van der Waals surface area contributed by atoms with Gasteiger partial charge in [-0.2, -0.15) is 5.26 Å². The second-order valence-electron chi connectivity index (χ2n) is 6.01. The zero-order valence-electron chi connectivity index (χ0n) is 13.8. The molecular weight excluding hydrogens is 288 g/mol. The van der Waals surface area contributed by atoms with Gasteiger partial charge in [-0.25, -0.2) is 0 Å². The third-order valence-corrected chi connectivity index (χ3v) is 3.60. The van der Waals surface area contributed by atoms with Crippen molar-refractivity contribution in [3.8, 4) is 6.07 Å². The van der Waals surface area contributed by atoms with Gasteiger partial charge in [0.15, 0.2) is 0 Å². The van der Waals surface area contributed by atoms with Crippen LogP contribution in [0.25, 0.3) is 0 Å². The maximum Gasteiger partial charge on any atom is 0.240 e. The van der Waals surface area contributed by atoms with E-state index in [9.17, 15) is 10.1 Å². The molecule has 1 aromatic carbocycles. The molecule has 0 saturated heterocycles. The van der Waals surface area contributed by atoms with Gasteiger partial charge < -0.3 is 15.6 Å². The van der Waals surface area contributed by atoms with Crippen molar-refractivity contribution < 1.29 is 4.79 Å². The van der Waals surface area contributed by atoms with Gasteiger partial charge in [0.2, 0.25) is 5.91 Å². The average Bonchev–Trinajstić information content (AvgIpc) is 2.77. The Morgan fingerprint density at radius 1 is 1.35 bits per heavy atom. The highest BCUT2D eigenvalue weighted by Gasteiger charge is 2.16. The number of rotatable bonds is 5. The van der Waals surface area contributed by atoms with Crippen LogP contribution in [0.4, 0.5) is 5.69 Å². The molecule has 2 aromatic rings. The number of hydrogen-bond donors (Lipinski definition) is 2. The molecule has 1 aromatic heterocycles. The van der Waals surface area contributed by atoms with Crippen LogP contribution in [0.5, 0.6) is 0 Å². The Hall–Kier alpha value is -2.74. The molecule has 23 heavy (non-hydrogen) atoms. The fraction of sp³-hybridized carbons (Fsp3) is 0.333. The first-order valence-corrected chi connectivity index (χ1v) is 7.63. The lowest BCUT2D eigenvalue weighted by Crippen LogP contribution is -2.33. The van der Waals surface area contributed by atoms with Gasteiger partial charge in [0, 0.05) is 18.2 Å². The molecule has 0 radical (unpaired) electrons. The number of aromatic nitrogens is 1. The molecule has 0 aliphatic carbocycles. The second-order valence-corrected chi connectivity index (χ2v) is 6.01. The summed E-state index contributed by atoms with van der Waals surface area (Å²) in [5.41, 5.74) is 10.1. The number of nitriles is 1. The van der Waals surface area contributed by atoms with Gasteiger partial charge in [-0.1, -0.05) is 29.8 Å². The van der Waals surface area contributed by atoms with Crippen LogP contribution in [0, 0.1) is 18.3 Å². The van der Waals surface area contributed by atoms with Crippen molar-refractivity contribution in [1.29, 1.82) is 5.26 Å². The molecule has 0 spiro atoms. The van der Waals surface area contributed by atoms with Gasteiger partial charge in [-0.3, -0.25) is 4.79 Å². The highest BCUT2D eigenvalue weighted by Crippen LogP contribution is 2.22. The minimum Gasteiger partial charge on any atom is -0.397 e. The lowest BCUT2D eigenvalue weighted by atomic mass is 10.1. The maximum atomic E-state index is 12.1. The summed E-state index contributed by atoms with van der Waals surface area (Å²) in [6.45, 7) is 5.94. The average molecular weight is 310 g/mol. The Kier molecular flexibility index (Phi) is 5.07. The van der Waals surface area contributed by atoms with E-state index in [4.69, 9.17) is 5.73 Å². The van der Waals surface area contributed by atoms with E-state index in [0.717, 1.165) is 11.3 Å². The Morgan fingerprint density at radius 2 is 2.00 bits per heavy atom. The fourth-order valence-corrected chi connectivity index (χ4v) is 2.49. The van der Waals surface area contributed by atoms with Gasteiger partial charge in [0.1, 0.15) is 18.3 Å². The molecule has 2 rings (SSSR count). The predicted molar refractivity (Wildman–Crippen MR) is 90.8 cm³/mol. The zero-order valence-corrected chi connectivity index (χ0v) is 13.8. The summed E-state index contributed by atoms with van der Waals surface area (Å²) in [6, 6.07) is 11.9. The molecule has 0 unspecified atom stereocenters. The van der Waals surface area contributed by atoms with E-state index in [2.05, 4.69) is 11.4 Å². The first-order chi connectivity index (χ1) is 10.9. The quantitative estimate of drug-likeness (QED) is 0.889. The van der Waals surface area contributed by atoms with E-state index < -0.39 is 0 Å². The van der Waals surface area contributed by atoms with Gasteiger partial charge in [0.05, 0.1) is 5.69 Å². The summed E-state index contributed by atoms with van der Waals surface area (Å²) in [5, 5.41) is 12.1. The highest BCUT2D eigenvalue weighted by molar-refractivity contribution is 5.76. The third-order valence-electron chi connectivity index (χ3n) is 3.60. The maximum absolute atomic E-state index is 12.1. The van der Waals surface area contributed by atoms with E-state index >= 15 is 0 Å². The number of benzene rings is 1. The molecule has 0 aliphatic heterocycles. The van der Waals surface area contributed by atoms with Crippen molar-refractivity contribution in [2.75, 3.05) is 5.73 Å². The number of nitrogens with one attached hydrogen (secondary N) is 1. The Labute approximate surface area is 136 Å². The van der Waals surface area contributed by atoms with Crippen LogP contribution in [-0.2, 0) is 17.8 Å². The number of amides is 1. The minimum absolute atomic E-state index is 0.0569. The molecule has 1 amide bonds. The van der Waals surface area contributed by atoms with E-state index in [-0.39, 0.29) is 18.5 Å². The summed E-state index contributed by atoms with van der Waals surface area (Å²) in [5.74, 6) is -0.128. The Balaban J connectivity index is 2.31. The van der Waals surface area contributed by atoms with Crippen LogP contribution in [-0.4, -0.2) is 16.5 Å². The van der Waals surface area contributed by atoms with Crippen molar-refractivity contribution in [1.82, 2.24) is 9.88 Å². The van der Waals surface area contributed by atoms with Crippen LogP contribution >= 0.6 is 0 Å². The monoisotopic (exact) mass is 310 g/mol. The predicted octanol–water partition coefficient (Wildman–Crippen LogP) is 2.37. The fourth-order valence-electron chi connectivity index (χ4n) is 2.49. The topological polar surface area (TPSA) is 83.8 Å². The number of nitrogens with zero attached hydrogens (tertiary/aromatic N) is 2. The van der Waals surface area contributed by atoms with Gasteiger partial charge in [0.25, 0.3) is 0 Å². The second kappa shape index (κ2) is 7.01. The summed E-state index contributed by atoms with van der Waals surface area (Å²) in [4.78, 5) is 12.1. The largest absolute Gasteiger partial charge is 0.397 e. The summed E-state index contributed by atoms with van der Waals surface area (Å²) >= 11 is 0. The molecule has 1 heterocycles. The first kappa shape index (κ1) is 16.6. The standard InChI is InChI=1S/C18H22N4O/c1-12(2)21-18(23)11-22-15(10-19)9-16(20)17(22)8-14-6-4-13(3)5-7-14/h4-7,9,12H,8,11,20H2,1-3H3,(H,21,23). The first-order valence-electron chi connectivity index (χ1n) is 7.63. The lowest BCUT2D eigenvalue weighted by molar-refractivity contribution is -0.122. The molecular formula is C18H22N4O. The van der Waals surface area contributed by atoms with Crippen LogP contribution in [0.15, 0.2) is 30.3 Å². The van der Waals surface area contributed by atoms with Crippen molar-refractivity contribution in [2.24, 2.45) is 0 Å². The molecule has 3 N–H and O–H groups in total. The number of carbonyl (C=O) groups excluding carboxylic acids is 1. The van der Waals surface area contributed by atoms with Crippen molar-refractivity contribution >= 4 is 11.6 Å². The molecule has 0 saturated carbocycles. The summed E-state index contributed by atoms with van der Waals surface area (Å²) in [7, 11) is 0. The normalized spacial score (nSPS) is 10.6. The molecule has 5 heteroatoms. The Bertz CT molecular complexity index is 736. The zero-order chi connectivity index (χ0) is 17.0. The van der Waals surface area contributed by atoms with E-state index in [0.29, 0.717) is 17.8 Å². The summed E-state index contributed by atoms with van der Waals surface area (Å²) < 4.78 is 1.70. The van der Waals surface area contributed by atoms with Crippen molar-refractivity contribution in [3.63, 3.8) is 0 Å². The van der Waals surface area contributed by atoms with Crippen LogP contribution in [0.2, 0.25) is 0 Å². The molecule has 0 aliphatic rings. The van der Waals surface area contributed by atoms with E-state index in [1.54, 1.807) is 10.6 Å². The van der Waals surface area contributed by atoms with Crippen LogP contribution in [0.3, 0.4) is 0 Å². The third kappa shape index (κ3) is 4.13. The van der Waals surface area contributed by atoms with E-state index in [1.807, 2.05) is 45.0 Å². The van der Waals surface area contributed by atoms with E-state index in [1.165, 1.54) is 5.56 Å². The van der Waals surface area contributed by atoms with Crippen molar-refractivity contribution in [3.05, 3.63) is 52.8 Å². The lowest BCUT2D eigenvalue weighted by Gasteiger charge is -2.13. The van der Waals surface area contributed by atoms with Gasteiger partial charge in [-0.05, 0) is 32.4 Å². The SMILES string of the molecule is Cc1ccc(Cc2c(N)cc(C#N)n2CC(=O)NC(C)C)cc1. The highest BCUT2D eigenvalue weighted by atomic mass is 16.2. The number of carbonyl (C=O) groups is 1. The van der Waals surface area contributed by atoms with Crippen molar-refractivity contribution in [2.45, 2.75) is 39.8 Å². The molecule has 0 bridgehead atoms. The Morgan fingerprint density at radius 3 is 2.57 bits per heavy atom. The number of nitrogens with two attached hydrogens (primary N) is 1. The smallest absolute Gasteiger partial charge is 0.240 e.